The lowest BCUT2D eigenvalue weighted by Crippen LogP contribution is -3.12. The van der Waals surface area contributed by atoms with Crippen LogP contribution in [-0.4, -0.2) is 45.8 Å². The number of morpholine rings is 1. The molecule has 1 unspecified atom stereocenters. The second kappa shape index (κ2) is 10.5. The first-order valence-electron chi connectivity index (χ1n) is 10.6. The summed E-state index contributed by atoms with van der Waals surface area (Å²) in [6.45, 7) is 11.1. The van der Waals surface area contributed by atoms with E-state index in [9.17, 15) is 4.79 Å². The fraction of sp³-hybridized carbons (Fsp3) is 0.458. The summed E-state index contributed by atoms with van der Waals surface area (Å²) in [4.78, 5) is 15.1. The summed E-state index contributed by atoms with van der Waals surface area (Å²) in [6.07, 6.45) is 0. The predicted octanol–water partition coefficient (Wildman–Crippen LogP) is 0.0496. The standard InChI is InChI=1S/C24H33N3O2/c1-19-4-9-23(20(2)14-19)17-26(3)18-24(28)25-15-21-5-7-22(8-6-21)16-27-10-12-29-13-11-27/h4-9,14H,10-13,15-18H2,1-3H3,(H,25,28)/p+2. The van der Waals surface area contributed by atoms with Gasteiger partial charge in [-0.1, -0.05) is 48.0 Å². The third-order valence-electron chi connectivity index (χ3n) is 5.62. The number of quaternary nitrogens is 2. The fourth-order valence-electron chi connectivity index (χ4n) is 3.87. The zero-order valence-corrected chi connectivity index (χ0v) is 18.0. The highest BCUT2D eigenvalue weighted by Gasteiger charge is 2.14. The van der Waals surface area contributed by atoms with Crippen molar-refractivity contribution in [2.24, 2.45) is 0 Å². The first kappa shape index (κ1) is 21.5. The van der Waals surface area contributed by atoms with Crippen LogP contribution in [0.2, 0.25) is 0 Å². The van der Waals surface area contributed by atoms with Crippen LogP contribution in [0.15, 0.2) is 42.5 Å². The molecule has 156 valence electrons. The molecule has 5 heteroatoms. The molecule has 3 N–H and O–H groups in total. The molecule has 1 atom stereocenters. The number of carbonyl (C=O) groups is 1. The van der Waals surface area contributed by atoms with Gasteiger partial charge in [0.1, 0.15) is 26.2 Å². The van der Waals surface area contributed by atoms with Crippen LogP contribution < -0.4 is 15.1 Å². The van der Waals surface area contributed by atoms with E-state index in [1.54, 1.807) is 4.90 Å². The number of aryl methyl sites for hydroxylation is 2. The summed E-state index contributed by atoms with van der Waals surface area (Å²) in [5, 5.41) is 3.06. The average Bonchev–Trinajstić information content (AvgIpc) is 2.70. The van der Waals surface area contributed by atoms with Crippen LogP contribution in [-0.2, 0) is 29.2 Å². The summed E-state index contributed by atoms with van der Waals surface area (Å²) in [6, 6.07) is 15.1. The Morgan fingerprint density at radius 1 is 1.07 bits per heavy atom. The van der Waals surface area contributed by atoms with Crippen molar-refractivity contribution in [3.05, 3.63) is 70.3 Å². The molecule has 3 rings (SSSR count). The second-order valence-electron chi connectivity index (χ2n) is 8.37. The van der Waals surface area contributed by atoms with Gasteiger partial charge in [0.15, 0.2) is 6.54 Å². The minimum Gasteiger partial charge on any atom is -0.370 e. The first-order chi connectivity index (χ1) is 14.0. The topological polar surface area (TPSA) is 47.2 Å². The summed E-state index contributed by atoms with van der Waals surface area (Å²) in [5.74, 6) is 0.0918. The van der Waals surface area contributed by atoms with Crippen LogP contribution in [0.1, 0.15) is 27.8 Å². The van der Waals surface area contributed by atoms with Crippen LogP contribution in [0.4, 0.5) is 0 Å². The third kappa shape index (κ3) is 6.96. The van der Waals surface area contributed by atoms with Gasteiger partial charge < -0.3 is 19.9 Å². The summed E-state index contributed by atoms with van der Waals surface area (Å²) >= 11 is 0. The maximum Gasteiger partial charge on any atom is 0.275 e. The molecule has 2 aromatic carbocycles. The normalized spacial score (nSPS) is 15.8. The van der Waals surface area contributed by atoms with Crippen LogP contribution in [0, 0.1) is 13.8 Å². The zero-order chi connectivity index (χ0) is 20.6. The Hall–Kier alpha value is -2.21. The molecule has 1 aliphatic rings. The van der Waals surface area contributed by atoms with Gasteiger partial charge in [-0.15, -0.1) is 0 Å². The van der Waals surface area contributed by atoms with Crippen LogP contribution in [0.5, 0.6) is 0 Å². The fourth-order valence-corrected chi connectivity index (χ4v) is 3.87. The van der Waals surface area contributed by atoms with Gasteiger partial charge >= 0.3 is 0 Å². The molecule has 2 aromatic rings. The van der Waals surface area contributed by atoms with E-state index in [4.69, 9.17) is 4.74 Å². The van der Waals surface area contributed by atoms with Crippen molar-refractivity contribution >= 4 is 5.91 Å². The van der Waals surface area contributed by atoms with Gasteiger partial charge in [0.05, 0.1) is 20.3 Å². The van der Waals surface area contributed by atoms with Crippen molar-refractivity contribution in [1.29, 1.82) is 0 Å². The number of carbonyl (C=O) groups excluding carboxylic acids is 1. The highest BCUT2D eigenvalue weighted by Crippen LogP contribution is 2.09. The van der Waals surface area contributed by atoms with Crippen molar-refractivity contribution in [2.45, 2.75) is 33.5 Å². The zero-order valence-electron chi connectivity index (χ0n) is 18.0. The molecule has 0 saturated carbocycles. The van der Waals surface area contributed by atoms with Gasteiger partial charge in [-0.3, -0.25) is 4.79 Å². The molecule has 1 aliphatic heterocycles. The molecule has 0 radical (unpaired) electrons. The minimum absolute atomic E-state index is 0.0918. The molecule has 1 saturated heterocycles. The van der Waals surface area contributed by atoms with Gasteiger partial charge in [-0.2, -0.15) is 0 Å². The van der Waals surface area contributed by atoms with Gasteiger partial charge in [0.25, 0.3) is 5.91 Å². The Morgan fingerprint density at radius 2 is 1.76 bits per heavy atom. The van der Waals surface area contributed by atoms with Crippen molar-refractivity contribution in [3.8, 4) is 0 Å². The van der Waals surface area contributed by atoms with Gasteiger partial charge in [0, 0.05) is 17.7 Å². The summed E-state index contributed by atoms with van der Waals surface area (Å²) in [7, 11) is 2.07. The lowest BCUT2D eigenvalue weighted by Gasteiger charge is -2.23. The number of nitrogens with one attached hydrogen (secondary N) is 3. The number of ether oxygens (including phenoxy) is 1. The highest BCUT2D eigenvalue weighted by molar-refractivity contribution is 5.76. The molecular formula is C24H35N3O2+2. The number of benzene rings is 2. The monoisotopic (exact) mass is 397 g/mol. The van der Waals surface area contributed by atoms with Gasteiger partial charge in [0.2, 0.25) is 0 Å². The van der Waals surface area contributed by atoms with E-state index >= 15 is 0 Å². The van der Waals surface area contributed by atoms with Crippen molar-refractivity contribution in [2.75, 3.05) is 39.9 Å². The van der Waals surface area contributed by atoms with E-state index in [1.807, 2.05) is 0 Å². The van der Waals surface area contributed by atoms with E-state index in [0.717, 1.165) is 45.0 Å². The Labute approximate surface area is 174 Å². The number of amides is 1. The van der Waals surface area contributed by atoms with Gasteiger partial charge in [-0.05, 0) is 25.0 Å². The lowest BCUT2D eigenvalue weighted by molar-refractivity contribution is -0.921. The lowest BCUT2D eigenvalue weighted by atomic mass is 10.1. The number of likely N-dealkylation sites (N-methyl/N-ethyl adjacent to an activating group) is 1. The number of hydrogen-bond acceptors (Lipinski definition) is 2. The Balaban J connectivity index is 1.41. The largest absolute Gasteiger partial charge is 0.370 e. The maximum absolute atomic E-state index is 12.3. The molecule has 0 aromatic heterocycles. The van der Waals surface area contributed by atoms with E-state index in [1.165, 1.54) is 27.2 Å². The van der Waals surface area contributed by atoms with Crippen molar-refractivity contribution in [1.82, 2.24) is 5.32 Å². The number of hydrogen-bond donors (Lipinski definition) is 3. The Bertz CT molecular complexity index is 798. The third-order valence-corrected chi connectivity index (χ3v) is 5.62. The summed E-state index contributed by atoms with van der Waals surface area (Å²) in [5.41, 5.74) is 6.36. The maximum atomic E-state index is 12.3. The van der Waals surface area contributed by atoms with Crippen molar-refractivity contribution in [3.63, 3.8) is 0 Å². The predicted molar refractivity (Wildman–Crippen MR) is 115 cm³/mol. The quantitative estimate of drug-likeness (QED) is 0.590. The van der Waals surface area contributed by atoms with E-state index < -0.39 is 0 Å². The van der Waals surface area contributed by atoms with E-state index in [2.05, 4.69) is 68.7 Å². The highest BCUT2D eigenvalue weighted by atomic mass is 16.5. The number of rotatable bonds is 8. The summed E-state index contributed by atoms with van der Waals surface area (Å²) < 4.78 is 5.42. The molecule has 0 spiro atoms. The molecule has 1 heterocycles. The smallest absolute Gasteiger partial charge is 0.275 e. The molecule has 5 nitrogen and oxygen atoms in total. The van der Waals surface area contributed by atoms with Crippen LogP contribution in [0.25, 0.3) is 0 Å². The second-order valence-corrected chi connectivity index (χ2v) is 8.37. The first-order valence-corrected chi connectivity index (χ1v) is 10.6. The molecule has 1 fully saturated rings. The average molecular weight is 398 g/mol. The molecule has 1 amide bonds. The SMILES string of the molecule is Cc1ccc(C[NH+](C)CC(=O)NCc2ccc(C[NH+]3CCOCC3)cc2)c(C)c1. The van der Waals surface area contributed by atoms with Crippen molar-refractivity contribution < 1.29 is 19.3 Å². The molecule has 0 aliphatic carbocycles. The van der Waals surface area contributed by atoms with Gasteiger partial charge in [-0.25, -0.2) is 0 Å². The van der Waals surface area contributed by atoms with Crippen LogP contribution in [0.3, 0.4) is 0 Å². The molecule has 0 bridgehead atoms. The van der Waals surface area contributed by atoms with E-state index in [-0.39, 0.29) is 5.91 Å². The van der Waals surface area contributed by atoms with E-state index in [0.29, 0.717) is 13.1 Å². The Morgan fingerprint density at radius 3 is 2.45 bits per heavy atom. The minimum atomic E-state index is 0.0918. The van der Waals surface area contributed by atoms with Crippen LogP contribution >= 0.6 is 0 Å². The molecular weight excluding hydrogens is 362 g/mol. The molecule has 29 heavy (non-hydrogen) atoms. The Kier molecular flexibility index (Phi) is 7.81.